The Morgan fingerprint density at radius 2 is 1.77 bits per heavy atom. The molecular formula is C22H24F3N3O3. The average Bonchev–Trinajstić information content (AvgIpc) is 2.71. The van der Waals surface area contributed by atoms with Crippen molar-refractivity contribution in [3.8, 4) is 0 Å². The Bertz CT molecular complexity index is 917. The molecule has 1 saturated heterocycles. The lowest BCUT2D eigenvalue weighted by Gasteiger charge is -2.31. The molecule has 1 aliphatic heterocycles. The third kappa shape index (κ3) is 6.19. The van der Waals surface area contributed by atoms with Crippen molar-refractivity contribution in [1.82, 2.24) is 4.98 Å². The second-order valence-corrected chi connectivity index (χ2v) is 7.70. The van der Waals surface area contributed by atoms with E-state index < -0.39 is 23.6 Å². The summed E-state index contributed by atoms with van der Waals surface area (Å²) in [4.78, 5) is 30.1. The largest absolute Gasteiger partial charge is 0.455 e. The molecular weight excluding hydrogens is 411 g/mol. The summed E-state index contributed by atoms with van der Waals surface area (Å²) < 4.78 is 43.1. The van der Waals surface area contributed by atoms with Gasteiger partial charge in [-0.15, -0.1) is 0 Å². The van der Waals surface area contributed by atoms with Gasteiger partial charge in [-0.1, -0.05) is 6.07 Å². The molecule has 6 nitrogen and oxygen atoms in total. The minimum absolute atomic E-state index is 0.361. The fourth-order valence-corrected chi connectivity index (χ4v) is 3.58. The van der Waals surface area contributed by atoms with Crippen molar-refractivity contribution < 1.29 is 27.5 Å². The summed E-state index contributed by atoms with van der Waals surface area (Å²) in [5, 5.41) is 2.71. The average molecular weight is 435 g/mol. The smallest absolute Gasteiger partial charge is 0.417 e. The molecule has 1 amide bonds. The third-order valence-electron chi connectivity index (χ3n) is 5.08. The molecule has 0 saturated carbocycles. The number of nitrogens with zero attached hydrogens (tertiary/aromatic N) is 2. The second kappa shape index (κ2) is 9.36. The Balaban J connectivity index is 1.45. The van der Waals surface area contributed by atoms with Crippen molar-refractivity contribution in [1.29, 1.82) is 0 Å². The number of alkyl halides is 3. The minimum atomic E-state index is -4.42. The molecule has 1 aliphatic rings. The predicted octanol–water partition coefficient (Wildman–Crippen LogP) is 4.12. The van der Waals surface area contributed by atoms with E-state index in [2.05, 4.69) is 10.3 Å². The Labute approximate surface area is 178 Å². The SMILES string of the molecule is Cc1cc(C)cc(NC(=O)COC(=O)C2CCN(c3ccc(C(F)(F)F)cn3)CC2)c1. The van der Waals surface area contributed by atoms with Crippen LogP contribution >= 0.6 is 0 Å². The van der Waals surface area contributed by atoms with Crippen LogP contribution in [0.4, 0.5) is 24.7 Å². The van der Waals surface area contributed by atoms with E-state index in [1.807, 2.05) is 36.9 Å². The number of carbonyl (C=O) groups is 2. The van der Waals surface area contributed by atoms with Crippen LogP contribution in [0.5, 0.6) is 0 Å². The van der Waals surface area contributed by atoms with Gasteiger partial charge in [0.15, 0.2) is 6.61 Å². The lowest BCUT2D eigenvalue weighted by atomic mass is 9.97. The van der Waals surface area contributed by atoms with Crippen molar-refractivity contribution in [3.05, 3.63) is 53.2 Å². The molecule has 1 fully saturated rings. The highest BCUT2D eigenvalue weighted by atomic mass is 19.4. The van der Waals surface area contributed by atoms with Gasteiger partial charge in [0, 0.05) is 25.0 Å². The normalized spacial score (nSPS) is 14.9. The van der Waals surface area contributed by atoms with Crippen LogP contribution in [0.25, 0.3) is 0 Å². The van der Waals surface area contributed by atoms with Crippen molar-refractivity contribution in [2.75, 3.05) is 29.9 Å². The number of anilines is 2. The maximum absolute atomic E-state index is 12.7. The number of esters is 1. The van der Waals surface area contributed by atoms with Gasteiger partial charge in [-0.25, -0.2) is 4.98 Å². The molecule has 3 rings (SSSR count). The summed E-state index contributed by atoms with van der Waals surface area (Å²) >= 11 is 0. The number of rotatable bonds is 5. The Morgan fingerprint density at radius 1 is 1.13 bits per heavy atom. The van der Waals surface area contributed by atoms with Gasteiger partial charge < -0.3 is 15.0 Å². The number of benzene rings is 1. The number of hydrogen-bond acceptors (Lipinski definition) is 5. The molecule has 0 radical (unpaired) electrons. The molecule has 0 atom stereocenters. The number of pyridine rings is 1. The van der Waals surface area contributed by atoms with E-state index in [9.17, 15) is 22.8 Å². The molecule has 31 heavy (non-hydrogen) atoms. The molecule has 1 aromatic carbocycles. The fraction of sp³-hybridized carbons (Fsp3) is 0.409. The molecule has 1 aromatic heterocycles. The molecule has 2 heterocycles. The van der Waals surface area contributed by atoms with Gasteiger partial charge in [-0.05, 0) is 62.1 Å². The number of aryl methyl sites for hydroxylation is 2. The van der Waals surface area contributed by atoms with Gasteiger partial charge >= 0.3 is 12.1 Å². The number of carbonyl (C=O) groups excluding carboxylic acids is 2. The monoisotopic (exact) mass is 435 g/mol. The van der Waals surface area contributed by atoms with Crippen LogP contribution in [0.15, 0.2) is 36.5 Å². The van der Waals surface area contributed by atoms with Crippen molar-refractivity contribution in [2.45, 2.75) is 32.9 Å². The quantitative estimate of drug-likeness (QED) is 0.716. The molecule has 0 aliphatic carbocycles. The van der Waals surface area contributed by atoms with Gasteiger partial charge in [0.2, 0.25) is 0 Å². The maximum atomic E-state index is 12.7. The first-order valence-electron chi connectivity index (χ1n) is 9.95. The van der Waals surface area contributed by atoms with Crippen LogP contribution in [0.1, 0.15) is 29.5 Å². The number of halogens is 3. The number of nitrogens with one attached hydrogen (secondary N) is 1. The summed E-state index contributed by atoms with van der Waals surface area (Å²) in [5.74, 6) is -0.785. The minimum Gasteiger partial charge on any atom is -0.455 e. The molecule has 1 N–H and O–H groups in total. The Hall–Kier alpha value is -3.10. The van der Waals surface area contributed by atoms with Crippen LogP contribution in [-0.4, -0.2) is 36.6 Å². The number of aromatic nitrogens is 1. The van der Waals surface area contributed by atoms with Crippen molar-refractivity contribution in [3.63, 3.8) is 0 Å². The number of amides is 1. The first-order chi connectivity index (χ1) is 14.6. The topological polar surface area (TPSA) is 71.5 Å². The van der Waals surface area contributed by atoms with Crippen LogP contribution in [0.3, 0.4) is 0 Å². The van der Waals surface area contributed by atoms with E-state index >= 15 is 0 Å². The van der Waals surface area contributed by atoms with E-state index in [4.69, 9.17) is 4.74 Å². The zero-order valence-corrected chi connectivity index (χ0v) is 17.3. The molecule has 2 aromatic rings. The highest BCUT2D eigenvalue weighted by molar-refractivity contribution is 5.93. The highest BCUT2D eigenvalue weighted by Gasteiger charge is 2.31. The van der Waals surface area contributed by atoms with Gasteiger partial charge in [-0.2, -0.15) is 13.2 Å². The molecule has 9 heteroatoms. The maximum Gasteiger partial charge on any atom is 0.417 e. The first kappa shape index (κ1) is 22.6. The zero-order chi connectivity index (χ0) is 22.6. The second-order valence-electron chi connectivity index (χ2n) is 7.70. The summed E-state index contributed by atoms with van der Waals surface area (Å²) in [6, 6.07) is 7.98. The molecule has 0 bridgehead atoms. The van der Waals surface area contributed by atoms with E-state index in [1.54, 1.807) is 0 Å². The zero-order valence-electron chi connectivity index (χ0n) is 17.3. The molecule has 0 unspecified atom stereocenters. The van der Waals surface area contributed by atoms with Crippen molar-refractivity contribution in [2.24, 2.45) is 5.92 Å². The molecule has 166 valence electrons. The van der Waals surface area contributed by atoms with Crippen LogP contribution in [0.2, 0.25) is 0 Å². The van der Waals surface area contributed by atoms with Crippen LogP contribution in [0, 0.1) is 19.8 Å². The fourth-order valence-electron chi connectivity index (χ4n) is 3.58. The van der Waals surface area contributed by atoms with Crippen LogP contribution in [-0.2, 0) is 20.5 Å². The van der Waals surface area contributed by atoms with Gasteiger partial charge in [-0.3, -0.25) is 9.59 Å². The lowest BCUT2D eigenvalue weighted by molar-refractivity contribution is -0.152. The summed E-state index contributed by atoms with van der Waals surface area (Å²) in [6.45, 7) is 4.41. The number of hydrogen-bond donors (Lipinski definition) is 1. The van der Waals surface area contributed by atoms with E-state index in [0.717, 1.165) is 23.4 Å². The first-order valence-corrected chi connectivity index (χ1v) is 9.95. The molecule has 0 spiro atoms. The standard InChI is InChI=1S/C22H24F3N3O3/c1-14-9-15(2)11-18(10-14)27-20(29)13-31-21(30)16-5-7-28(8-6-16)19-4-3-17(12-26-19)22(23,24)25/h3-4,9-12,16H,5-8,13H2,1-2H3,(H,27,29). The summed E-state index contributed by atoms with van der Waals surface area (Å²) in [7, 11) is 0. The lowest BCUT2D eigenvalue weighted by Crippen LogP contribution is -2.38. The van der Waals surface area contributed by atoms with Gasteiger partial charge in [0.25, 0.3) is 5.91 Å². The predicted molar refractivity (Wildman–Crippen MR) is 110 cm³/mol. The number of piperidine rings is 1. The van der Waals surface area contributed by atoms with E-state index in [-0.39, 0.29) is 12.5 Å². The van der Waals surface area contributed by atoms with E-state index in [1.165, 1.54) is 6.07 Å². The van der Waals surface area contributed by atoms with Crippen molar-refractivity contribution >= 4 is 23.4 Å². The van der Waals surface area contributed by atoms with Crippen LogP contribution < -0.4 is 10.2 Å². The number of ether oxygens (including phenoxy) is 1. The van der Waals surface area contributed by atoms with Gasteiger partial charge in [0.1, 0.15) is 5.82 Å². The summed E-state index contributed by atoms with van der Waals surface area (Å²) in [6.07, 6.45) is -2.67. The third-order valence-corrected chi connectivity index (χ3v) is 5.08. The highest BCUT2D eigenvalue weighted by Crippen LogP contribution is 2.30. The Kier molecular flexibility index (Phi) is 6.82. The van der Waals surface area contributed by atoms with Gasteiger partial charge in [0.05, 0.1) is 11.5 Å². The Morgan fingerprint density at radius 3 is 2.32 bits per heavy atom. The summed E-state index contributed by atoms with van der Waals surface area (Å²) in [5.41, 5.74) is 1.88. The van der Waals surface area contributed by atoms with E-state index in [0.29, 0.717) is 37.4 Å².